The lowest BCUT2D eigenvalue weighted by molar-refractivity contribution is -0.0764. The second-order valence-corrected chi connectivity index (χ2v) is 5.43. The van der Waals surface area contributed by atoms with Crippen LogP contribution in [0.4, 0.5) is 0 Å². The molecule has 0 aromatic carbocycles. The number of nitrogens with zero attached hydrogens (tertiary/aromatic N) is 2. The van der Waals surface area contributed by atoms with E-state index < -0.39 is 0 Å². The molecular formula is C12H15BrN2O2. The normalized spacial score (nSPS) is 19.1. The molecule has 4 nitrogen and oxygen atoms in total. The molecule has 0 unspecified atom stereocenters. The minimum Gasteiger partial charge on any atom is -0.372 e. The van der Waals surface area contributed by atoms with E-state index >= 15 is 0 Å². The first-order valence-electron chi connectivity index (χ1n) is 5.53. The molecular weight excluding hydrogens is 284 g/mol. The molecule has 1 saturated heterocycles. The van der Waals surface area contributed by atoms with E-state index in [0.717, 1.165) is 0 Å². The van der Waals surface area contributed by atoms with Crippen molar-refractivity contribution in [1.29, 1.82) is 0 Å². The Bertz CT molecular complexity index is 434. The van der Waals surface area contributed by atoms with Gasteiger partial charge in [0.1, 0.15) is 4.60 Å². The van der Waals surface area contributed by atoms with Gasteiger partial charge in [0.25, 0.3) is 5.91 Å². The van der Waals surface area contributed by atoms with Gasteiger partial charge in [-0.3, -0.25) is 4.79 Å². The van der Waals surface area contributed by atoms with E-state index in [1.54, 1.807) is 18.3 Å². The van der Waals surface area contributed by atoms with Crippen LogP contribution in [0, 0.1) is 0 Å². The maximum Gasteiger partial charge on any atom is 0.256 e. The fraction of sp³-hybridized carbons (Fsp3) is 0.500. The Labute approximate surface area is 109 Å². The van der Waals surface area contributed by atoms with E-state index in [9.17, 15) is 4.79 Å². The number of ether oxygens (including phenoxy) is 1. The molecule has 0 saturated carbocycles. The van der Waals surface area contributed by atoms with Crippen molar-refractivity contribution in [1.82, 2.24) is 9.88 Å². The zero-order valence-corrected chi connectivity index (χ0v) is 11.5. The number of halogens is 1. The van der Waals surface area contributed by atoms with E-state index in [1.807, 2.05) is 18.7 Å². The molecule has 0 aliphatic carbocycles. The van der Waals surface area contributed by atoms with Crippen molar-refractivity contribution in [2.24, 2.45) is 0 Å². The summed E-state index contributed by atoms with van der Waals surface area (Å²) in [5.74, 6) is 0.00125. The van der Waals surface area contributed by atoms with Gasteiger partial charge in [-0.25, -0.2) is 4.98 Å². The summed E-state index contributed by atoms with van der Waals surface area (Å²) in [6.45, 7) is 5.79. The van der Waals surface area contributed by atoms with Crippen LogP contribution in [-0.2, 0) is 4.74 Å². The molecule has 5 heteroatoms. The number of carbonyl (C=O) groups is 1. The first-order chi connectivity index (χ1) is 7.99. The third-order valence-electron chi connectivity index (χ3n) is 2.70. The number of carbonyl (C=O) groups excluding carboxylic acids is 1. The average Bonchev–Trinajstić information content (AvgIpc) is 2.27. The van der Waals surface area contributed by atoms with Crippen LogP contribution < -0.4 is 0 Å². The van der Waals surface area contributed by atoms with Crippen LogP contribution in [0.25, 0.3) is 0 Å². The van der Waals surface area contributed by atoms with Gasteiger partial charge >= 0.3 is 0 Å². The molecule has 0 bridgehead atoms. The van der Waals surface area contributed by atoms with E-state index in [0.29, 0.717) is 29.9 Å². The van der Waals surface area contributed by atoms with Gasteiger partial charge in [-0.15, -0.1) is 0 Å². The van der Waals surface area contributed by atoms with Crippen molar-refractivity contribution in [3.63, 3.8) is 0 Å². The van der Waals surface area contributed by atoms with Gasteiger partial charge in [0.15, 0.2) is 0 Å². The van der Waals surface area contributed by atoms with E-state index in [4.69, 9.17) is 4.74 Å². The molecule has 0 N–H and O–H groups in total. The minimum atomic E-state index is -0.275. The number of rotatable bonds is 1. The van der Waals surface area contributed by atoms with Gasteiger partial charge in [0, 0.05) is 19.3 Å². The van der Waals surface area contributed by atoms with Gasteiger partial charge in [0.2, 0.25) is 0 Å². The van der Waals surface area contributed by atoms with Crippen molar-refractivity contribution in [2.45, 2.75) is 19.4 Å². The second-order valence-electron chi connectivity index (χ2n) is 4.68. The van der Waals surface area contributed by atoms with Gasteiger partial charge in [-0.2, -0.15) is 0 Å². The van der Waals surface area contributed by atoms with E-state index in [2.05, 4.69) is 20.9 Å². The zero-order valence-electron chi connectivity index (χ0n) is 9.94. The Morgan fingerprint density at radius 3 is 3.00 bits per heavy atom. The minimum absolute atomic E-state index is 0.00125. The first-order valence-corrected chi connectivity index (χ1v) is 6.33. The molecule has 1 aliphatic heterocycles. The lowest BCUT2D eigenvalue weighted by Crippen LogP contribution is -2.50. The number of morpholine rings is 1. The van der Waals surface area contributed by atoms with Crippen LogP contribution >= 0.6 is 15.9 Å². The largest absolute Gasteiger partial charge is 0.372 e. The summed E-state index contributed by atoms with van der Waals surface area (Å²) in [6, 6.07) is 3.55. The maximum atomic E-state index is 12.3. The summed E-state index contributed by atoms with van der Waals surface area (Å²) in [7, 11) is 0. The summed E-state index contributed by atoms with van der Waals surface area (Å²) in [5, 5.41) is 0. The highest BCUT2D eigenvalue weighted by Gasteiger charge is 2.31. The Balaban J connectivity index is 2.18. The SMILES string of the molecule is CC1(C)CN(C(=O)c2cccnc2Br)CCO1. The summed E-state index contributed by atoms with van der Waals surface area (Å²) in [4.78, 5) is 18.2. The van der Waals surface area contributed by atoms with E-state index in [-0.39, 0.29) is 11.5 Å². The van der Waals surface area contributed by atoms with Gasteiger partial charge in [-0.1, -0.05) is 0 Å². The Hall–Kier alpha value is -0.940. The summed E-state index contributed by atoms with van der Waals surface area (Å²) < 4.78 is 6.18. The molecule has 0 spiro atoms. The number of aromatic nitrogens is 1. The van der Waals surface area contributed by atoms with Crippen LogP contribution in [0.15, 0.2) is 22.9 Å². The van der Waals surface area contributed by atoms with Crippen molar-refractivity contribution >= 4 is 21.8 Å². The number of pyridine rings is 1. The molecule has 1 amide bonds. The quantitative estimate of drug-likeness (QED) is 0.746. The van der Waals surface area contributed by atoms with Crippen LogP contribution in [-0.4, -0.2) is 41.1 Å². The highest BCUT2D eigenvalue weighted by Crippen LogP contribution is 2.21. The molecule has 0 radical (unpaired) electrons. The molecule has 92 valence electrons. The lowest BCUT2D eigenvalue weighted by atomic mass is 10.1. The van der Waals surface area contributed by atoms with Crippen LogP contribution in [0.2, 0.25) is 0 Å². The Morgan fingerprint density at radius 1 is 1.59 bits per heavy atom. The predicted octanol–water partition coefficient (Wildman–Crippen LogP) is 2.10. The van der Waals surface area contributed by atoms with E-state index in [1.165, 1.54) is 0 Å². The highest BCUT2D eigenvalue weighted by atomic mass is 79.9. The average molecular weight is 299 g/mol. The fourth-order valence-corrected chi connectivity index (χ4v) is 2.33. The van der Waals surface area contributed by atoms with Crippen molar-refractivity contribution in [3.8, 4) is 0 Å². The van der Waals surface area contributed by atoms with Crippen LogP contribution in [0.1, 0.15) is 24.2 Å². The van der Waals surface area contributed by atoms with Gasteiger partial charge in [-0.05, 0) is 41.9 Å². The molecule has 1 aliphatic rings. The second kappa shape index (κ2) is 4.74. The molecule has 1 aromatic rings. The topological polar surface area (TPSA) is 42.4 Å². The summed E-state index contributed by atoms with van der Waals surface area (Å²) >= 11 is 3.30. The molecule has 1 aromatic heterocycles. The molecule has 1 fully saturated rings. The number of hydrogen-bond donors (Lipinski definition) is 0. The molecule has 0 atom stereocenters. The van der Waals surface area contributed by atoms with Crippen molar-refractivity contribution in [3.05, 3.63) is 28.5 Å². The first kappa shape index (κ1) is 12.5. The van der Waals surface area contributed by atoms with Crippen LogP contribution in [0.5, 0.6) is 0 Å². The highest BCUT2D eigenvalue weighted by molar-refractivity contribution is 9.10. The Morgan fingerprint density at radius 2 is 2.35 bits per heavy atom. The van der Waals surface area contributed by atoms with Gasteiger partial charge < -0.3 is 9.64 Å². The third-order valence-corrected chi connectivity index (χ3v) is 3.33. The van der Waals surface area contributed by atoms with Crippen molar-refractivity contribution in [2.75, 3.05) is 19.7 Å². The molecule has 2 heterocycles. The zero-order chi connectivity index (χ0) is 12.5. The molecule has 17 heavy (non-hydrogen) atoms. The van der Waals surface area contributed by atoms with Gasteiger partial charge in [0.05, 0.1) is 17.8 Å². The number of hydrogen-bond acceptors (Lipinski definition) is 3. The predicted molar refractivity (Wildman–Crippen MR) is 67.9 cm³/mol. The summed E-state index contributed by atoms with van der Waals surface area (Å²) in [5.41, 5.74) is 0.327. The lowest BCUT2D eigenvalue weighted by Gasteiger charge is -2.38. The fourth-order valence-electron chi connectivity index (χ4n) is 1.91. The Kier molecular flexibility index (Phi) is 3.49. The molecule has 2 rings (SSSR count). The standard InChI is InChI=1S/C12H15BrN2O2/c1-12(2)8-15(6-7-17-12)11(16)9-4-3-5-14-10(9)13/h3-5H,6-8H2,1-2H3. The van der Waals surface area contributed by atoms with Crippen molar-refractivity contribution < 1.29 is 9.53 Å². The summed E-state index contributed by atoms with van der Waals surface area (Å²) in [6.07, 6.45) is 1.66. The monoisotopic (exact) mass is 298 g/mol. The number of amides is 1. The van der Waals surface area contributed by atoms with Crippen LogP contribution in [0.3, 0.4) is 0 Å². The third kappa shape index (κ3) is 2.84. The smallest absolute Gasteiger partial charge is 0.256 e. The maximum absolute atomic E-state index is 12.3.